The molecule has 174 valence electrons. The van der Waals surface area contributed by atoms with Crippen LogP contribution in [0.4, 0.5) is 14.9 Å². The van der Waals surface area contributed by atoms with Gasteiger partial charge in [-0.1, -0.05) is 42.1 Å². The quantitative estimate of drug-likeness (QED) is 0.300. The van der Waals surface area contributed by atoms with Crippen LogP contribution in [0.5, 0.6) is 0 Å². The second-order valence-corrected chi connectivity index (χ2v) is 9.03. The number of carbonyl (C=O) groups is 1. The number of anilines is 1. The molecular formula is C27H22FN5OS. The molecule has 2 aromatic heterocycles. The molecule has 0 bridgehead atoms. The van der Waals surface area contributed by atoms with Crippen LogP contribution >= 0.6 is 11.8 Å². The molecule has 0 aliphatic rings. The highest BCUT2D eigenvalue weighted by Gasteiger charge is 2.26. The summed E-state index contributed by atoms with van der Waals surface area (Å²) in [6, 6.07) is 24.5. The molecule has 2 N–H and O–H groups in total. The fourth-order valence-corrected chi connectivity index (χ4v) is 4.98. The van der Waals surface area contributed by atoms with Crippen LogP contribution in [0.1, 0.15) is 22.9 Å². The van der Waals surface area contributed by atoms with Crippen LogP contribution in [-0.4, -0.2) is 20.6 Å². The molecule has 35 heavy (non-hydrogen) atoms. The van der Waals surface area contributed by atoms with Gasteiger partial charge in [0.15, 0.2) is 5.65 Å². The molecule has 3 aromatic carbocycles. The maximum absolute atomic E-state index is 13.3. The van der Waals surface area contributed by atoms with Crippen molar-refractivity contribution < 1.29 is 9.18 Å². The number of imidazole rings is 1. The Morgan fingerprint density at radius 2 is 1.77 bits per heavy atom. The molecule has 1 atom stereocenters. The number of nitrogens with one attached hydrogen (secondary N) is 2. The highest BCUT2D eigenvalue weighted by molar-refractivity contribution is 7.99. The largest absolute Gasteiger partial charge is 0.325 e. The van der Waals surface area contributed by atoms with Crippen molar-refractivity contribution >= 4 is 29.1 Å². The van der Waals surface area contributed by atoms with E-state index >= 15 is 0 Å². The van der Waals surface area contributed by atoms with Crippen molar-refractivity contribution in [1.29, 1.82) is 0 Å². The maximum Gasteiger partial charge on any atom is 0.320 e. The van der Waals surface area contributed by atoms with Gasteiger partial charge >= 0.3 is 6.03 Å². The van der Waals surface area contributed by atoms with Gasteiger partial charge in [0.1, 0.15) is 11.9 Å². The number of hydrogen-bond donors (Lipinski definition) is 2. The van der Waals surface area contributed by atoms with Gasteiger partial charge in [0.05, 0.1) is 11.9 Å². The van der Waals surface area contributed by atoms with Crippen molar-refractivity contribution in [2.45, 2.75) is 22.8 Å². The molecule has 6 nitrogen and oxygen atoms in total. The Labute approximate surface area is 206 Å². The van der Waals surface area contributed by atoms with Crippen molar-refractivity contribution in [1.82, 2.24) is 19.9 Å². The summed E-state index contributed by atoms with van der Waals surface area (Å²) >= 11 is 1.63. The summed E-state index contributed by atoms with van der Waals surface area (Å²) in [5, 5.41) is 10.4. The van der Waals surface area contributed by atoms with E-state index in [0.29, 0.717) is 11.3 Å². The van der Waals surface area contributed by atoms with Gasteiger partial charge in [-0.05, 0) is 72.6 Å². The molecule has 1 unspecified atom stereocenters. The summed E-state index contributed by atoms with van der Waals surface area (Å²) in [4.78, 5) is 19.7. The summed E-state index contributed by atoms with van der Waals surface area (Å²) < 4.78 is 15.0. The smallest absolute Gasteiger partial charge is 0.320 e. The number of hydrogen-bond acceptors (Lipinski definition) is 4. The average molecular weight is 484 g/mol. The highest BCUT2D eigenvalue weighted by atomic mass is 32.2. The first kappa shape index (κ1) is 22.6. The number of amides is 2. The number of nitrogens with zero attached hydrogens (tertiary/aromatic N) is 3. The highest BCUT2D eigenvalue weighted by Crippen LogP contribution is 2.37. The molecule has 0 aliphatic carbocycles. The Balaban J connectivity index is 1.56. The van der Waals surface area contributed by atoms with Gasteiger partial charge in [-0.25, -0.2) is 18.7 Å². The van der Waals surface area contributed by atoms with Crippen molar-refractivity contribution in [2.75, 3.05) is 5.32 Å². The lowest BCUT2D eigenvalue weighted by Gasteiger charge is -2.23. The number of carbonyl (C=O) groups excluding carboxylic acids is 1. The second kappa shape index (κ2) is 9.99. The zero-order chi connectivity index (χ0) is 24.2. The Kier molecular flexibility index (Phi) is 6.45. The molecular weight excluding hydrogens is 461 g/mol. The number of fused-ring (bicyclic) bond motifs is 1. The summed E-state index contributed by atoms with van der Waals surface area (Å²) in [6.07, 6.45) is 3.42. The van der Waals surface area contributed by atoms with Crippen LogP contribution in [0.2, 0.25) is 0 Å². The van der Waals surface area contributed by atoms with E-state index in [9.17, 15) is 9.18 Å². The third-order valence-corrected chi connectivity index (χ3v) is 6.61. The SMILES string of the molecule is Cc1cccc(Sc2ccccc2)c1C(NC(=O)Nc1ccc(F)cc1)c1cnc2cccnn12. The standard InChI is InChI=1S/C27H22FN5OS/c1-18-7-5-10-23(35-21-8-3-2-4-9-21)25(18)26(22-17-29-24-11-6-16-30-33(22)24)32-27(34)31-20-14-12-19(28)13-15-20/h2-17,26H,1H3,(H2,31,32,34). The van der Waals surface area contributed by atoms with Crippen molar-refractivity contribution in [3.05, 3.63) is 120 Å². The Hall–Kier alpha value is -4.17. The fraction of sp³-hybridized carbons (Fsp3) is 0.0741. The van der Waals surface area contributed by atoms with E-state index in [1.54, 1.807) is 28.7 Å². The van der Waals surface area contributed by atoms with Crippen LogP contribution in [-0.2, 0) is 0 Å². The Morgan fingerprint density at radius 3 is 2.57 bits per heavy atom. The molecule has 0 saturated carbocycles. The normalized spacial score (nSPS) is 11.8. The fourth-order valence-electron chi connectivity index (χ4n) is 3.90. The molecule has 2 heterocycles. The minimum Gasteiger partial charge on any atom is -0.325 e. The molecule has 0 saturated heterocycles. The molecule has 0 spiro atoms. The van der Waals surface area contributed by atoms with E-state index in [1.165, 1.54) is 24.3 Å². The van der Waals surface area contributed by atoms with Crippen molar-refractivity contribution in [3.63, 3.8) is 0 Å². The van der Waals surface area contributed by atoms with Gasteiger partial charge in [-0.2, -0.15) is 5.10 Å². The predicted octanol–water partition coefficient (Wildman–Crippen LogP) is 6.24. The Bertz CT molecular complexity index is 1470. The first-order valence-electron chi connectivity index (χ1n) is 11.0. The molecule has 0 aliphatic heterocycles. The van der Waals surface area contributed by atoms with Crippen LogP contribution in [0.15, 0.2) is 107 Å². The van der Waals surface area contributed by atoms with Crippen LogP contribution in [0.25, 0.3) is 5.65 Å². The summed E-state index contributed by atoms with van der Waals surface area (Å²) in [5.41, 5.74) is 3.85. The molecule has 8 heteroatoms. The number of rotatable bonds is 6. The van der Waals surface area contributed by atoms with E-state index < -0.39 is 12.1 Å². The molecule has 0 radical (unpaired) electrons. The van der Waals surface area contributed by atoms with E-state index in [0.717, 1.165) is 26.6 Å². The van der Waals surface area contributed by atoms with E-state index in [2.05, 4.69) is 32.8 Å². The van der Waals surface area contributed by atoms with Crippen molar-refractivity contribution in [2.24, 2.45) is 0 Å². The van der Waals surface area contributed by atoms with Gasteiger partial charge < -0.3 is 10.6 Å². The zero-order valence-corrected chi connectivity index (χ0v) is 19.7. The van der Waals surface area contributed by atoms with Gasteiger partial charge in [-0.15, -0.1) is 0 Å². The lowest BCUT2D eigenvalue weighted by molar-refractivity contribution is 0.249. The number of urea groups is 1. The summed E-state index contributed by atoms with van der Waals surface area (Å²) in [6.45, 7) is 2.02. The number of aromatic nitrogens is 3. The molecule has 0 fully saturated rings. The third-order valence-electron chi connectivity index (χ3n) is 5.52. The number of aryl methyl sites for hydroxylation is 1. The number of halogens is 1. The van der Waals surface area contributed by atoms with Crippen LogP contribution < -0.4 is 10.6 Å². The second-order valence-electron chi connectivity index (χ2n) is 7.92. The Morgan fingerprint density at radius 1 is 0.971 bits per heavy atom. The van der Waals surface area contributed by atoms with E-state index in [1.807, 2.05) is 55.5 Å². The van der Waals surface area contributed by atoms with Crippen molar-refractivity contribution in [3.8, 4) is 0 Å². The van der Waals surface area contributed by atoms with Gasteiger partial charge in [0, 0.05) is 21.7 Å². The van der Waals surface area contributed by atoms with E-state index in [-0.39, 0.29) is 5.82 Å². The van der Waals surface area contributed by atoms with Gasteiger partial charge in [-0.3, -0.25) is 0 Å². The summed E-state index contributed by atoms with van der Waals surface area (Å²) in [5.74, 6) is -0.367. The first-order chi connectivity index (χ1) is 17.1. The topological polar surface area (TPSA) is 71.3 Å². The predicted molar refractivity (Wildman–Crippen MR) is 135 cm³/mol. The average Bonchev–Trinajstić information content (AvgIpc) is 3.29. The lowest BCUT2D eigenvalue weighted by atomic mass is 9.99. The minimum atomic E-state index is -0.548. The lowest BCUT2D eigenvalue weighted by Crippen LogP contribution is -2.34. The third kappa shape index (κ3) is 5.02. The maximum atomic E-state index is 13.3. The number of benzene rings is 3. The monoisotopic (exact) mass is 483 g/mol. The molecule has 5 rings (SSSR count). The molecule has 5 aromatic rings. The van der Waals surface area contributed by atoms with Crippen LogP contribution in [0.3, 0.4) is 0 Å². The zero-order valence-electron chi connectivity index (χ0n) is 18.9. The molecule has 2 amide bonds. The van der Waals surface area contributed by atoms with Crippen LogP contribution in [0, 0.1) is 12.7 Å². The first-order valence-corrected chi connectivity index (χ1v) is 11.8. The minimum absolute atomic E-state index is 0.367. The van der Waals surface area contributed by atoms with Gasteiger partial charge in [0.25, 0.3) is 0 Å². The summed E-state index contributed by atoms with van der Waals surface area (Å²) in [7, 11) is 0. The van der Waals surface area contributed by atoms with E-state index in [4.69, 9.17) is 0 Å². The van der Waals surface area contributed by atoms with Gasteiger partial charge in [0.2, 0.25) is 0 Å².